The van der Waals surface area contributed by atoms with Crippen molar-refractivity contribution in [2.24, 2.45) is 5.92 Å². The van der Waals surface area contributed by atoms with Gasteiger partial charge in [0.1, 0.15) is 0 Å². The molecule has 1 aliphatic rings. The lowest BCUT2D eigenvalue weighted by Crippen LogP contribution is -2.28. The molecule has 4 nitrogen and oxygen atoms in total. The van der Waals surface area contributed by atoms with Crippen molar-refractivity contribution in [3.8, 4) is 0 Å². The highest BCUT2D eigenvalue weighted by molar-refractivity contribution is 5.31. The number of aromatic nitrogens is 2. The fourth-order valence-corrected chi connectivity index (χ4v) is 2.29. The third kappa shape index (κ3) is 2.80. The maximum absolute atomic E-state index is 5.43. The highest BCUT2D eigenvalue weighted by Crippen LogP contribution is 2.22. The van der Waals surface area contributed by atoms with Gasteiger partial charge in [-0.2, -0.15) is 0 Å². The van der Waals surface area contributed by atoms with Crippen molar-refractivity contribution in [2.45, 2.75) is 46.2 Å². The smallest absolute Gasteiger partial charge is 0.203 e. The first kappa shape index (κ1) is 12.4. The third-order valence-corrected chi connectivity index (χ3v) is 3.44. The Morgan fingerprint density at radius 1 is 1.47 bits per heavy atom. The Labute approximate surface area is 103 Å². The summed E-state index contributed by atoms with van der Waals surface area (Å²) in [6.07, 6.45) is 3.25. The minimum atomic E-state index is 0.414. The van der Waals surface area contributed by atoms with E-state index in [9.17, 15) is 0 Å². The molecule has 0 saturated carbocycles. The van der Waals surface area contributed by atoms with Crippen molar-refractivity contribution in [1.82, 2.24) is 9.55 Å². The highest BCUT2D eigenvalue weighted by Gasteiger charge is 2.23. The van der Waals surface area contributed by atoms with Crippen molar-refractivity contribution in [3.05, 3.63) is 11.9 Å². The SMILES string of the molecule is Cc1cn(C(C)C)c(NC(C)C2CCOC2)n1. The Morgan fingerprint density at radius 2 is 2.24 bits per heavy atom. The number of rotatable bonds is 4. The Balaban J connectivity index is 2.06. The first-order valence-electron chi connectivity index (χ1n) is 6.47. The molecular weight excluding hydrogens is 214 g/mol. The molecule has 0 aromatic carbocycles. The molecule has 2 atom stereocenters. The summed E-state index contributed by atoms with van der Waals surface area (Å²) in [7, 11) is 0. The lowest BCUT2D eigenvalue weighted by Gasteiger charge is -2.21. The van der Waals surface area contributed by atoms with Crippen molar-refractivity contribution in [2.75, 3.05) is 18.5 Å². The average Bonchev–Trinajstić information content (AvgIpc) is 2.86. The lowest BCUT2D eigenvalue weighted by atomic mass is 10.0. The van der Waals surface area contributed by atoms with E-state index in [2.05, 4.69) is 41.8 Å². The summed E-state index contributed by atoms with van der Waals surface area (Å²) in [6, 6.07) is 0.850. The summed E-state index contributed by atoms with van der Waals surface area (Å²) in [5.74, 6) is 1.59. The molecule has 2 heterocycles. The fourth-order valence-electron chi connectivity index (χ4n) is 2.29. The van der Waals surface area contributed by atoms with Gasteiger partial charge in [-0.1, -0.05) is 0 Å². The van der Waals surface area contributed by atoms with Gasteiger partial charge >= 0.3 is 0 Å². The van der Waals surface area contributed by atoms with Crippen LogP contribution in [0.3, 0.4) is 0 Å². The predicted molar refractivity (Wildman–Crippen MR) is 69.4 cm³/mol. The van der Waals surface area contributed by atoms with Crippen LogP contribution in [-0.4, -0.2) is 28.8 Å². The van der Waals surface area contributed by atoms with Gasteiger partial charge in [0.05, 0.1) is 12.3 Å². The quantitative estimate of drug-likeness (QED) is 0.875. The molecule has 2 unspecified atom stereocenters. The molecule has 96 valence electrons. The van der Waals surface area contributed by atoms with Gasteiger partial charge in [0.15, 0.2) is 0 Å². The van der Waals surface area contributed by atoms with E-state index in [0.717, 1.165) is 31.3 Å². The molecule has 17 heavy (non-hydrogen) atoms. The molecule has 4 heteroatoms. The second kappa shape index (κ2) is 5.08. The van der Waals surface area contributed by atoms with Crippen LogP contribution >= 0.6 is 0 Å². The summed E-state index contributed by atoms with van der Waals surface area (Å²) >= 11 is 0. The molecule has 2 rings (SSSR count). The number of nitrogens with zero attached hydrogens (tertiary/aromatic N) is 2. The van der Waals surface area contributed by atoms with Gasteiger partial charge in [0.2, 0.25) is 5.95 Å². The van der Waals surface area contributed by atoms with E-state index in [-0.39, 0.29) is 0 Å². The van der Waals surface area contributed by atoms with Gasteiger partial charge in [-0.05, 0) is 34.1 Å². The van der Waals surface area contributed by atoms with E-state index < -0.39 is 0 Å². The topological polar surface area (TPSA) is 39.1 Å². The minimum absolute atomic E-state index is 0.414. The van der Waals surface area contributed by atoms with Gasteiger partial charge in [-0.15, -0.1) is 0 Å². The molecule has 1 saturated heterocycles. The van der Waals surface area contributed by atoms with Crippen molar-refractivity contribution < 1.29 is 4.74 Å². The van der Waals surface area contributed by atoms with Crippen LogP contribution in [0.2, 0.25) is 0 Å². The second-order valence-electron chi connectivity index (χ2n) is 5.26. The first-order valence-corrected chi connectivity index (χ1v) is 6.47. The van der Waals surface area contributed by atoms with Gasteiger partial charge in [-0.25, -0.2) is 4.98 Å². The monoisotopic (exact) mass is 237 g/mol. The lowest BCUT2D eigenvalue weighted by molar-refractivity contribution is 0.183. The summed E-state index contributed by atoms with van der Waals surface area (Å²) in [5.41, 5.74) is 1.07. The maximum Gasteiger partial charge on any atom is 0.203 e. The van der Waals surface area contributed by atoms with Gasteiger partial charge in [-0.3, -0.25) is 0 Å². The number of hydrogen-bond acceptors (Lipinski definition) is 3. The zero-order valence-corrected chi connectivity index (χ0v) is 11.2. The summed E-state index contributed by atoms with van der Waals surface area (Å²) in [5, 5.41) is 3.53. The second-order valence-corrected chi connectivity index (χ2v) is 5.26. The van der Waals surface area contributed by atoms with Crippen LogP contribution < -0.4 is 5.32 Å². The average molecular weight is 237 g/mol. The zero-order chi connectivity index (χ0) is 12.4. The molecule has 1 aliphatic heterocycles. The first-order chi connectivity index (χ1) is 8.08. The highest BCUT2D eigenvalue weighted by atomic mass is 16.5. The molecule has 0 aliphatic carbocycles. The number of anilines is 1. The maximum atomic E-state index is 5.43. The predicted octanol–water partition coefficient (Wildman–Crippen LogP) is 2.61. The van der Waals surface area contributed by atoms with Crippen LogP contribution in [0.5, 0.6) is 0 Å². The Bertz CT molecular complexity index is 367. The largest absolute Gasteiger partial charge is 0.381 e. The van der Waals surface area contributed by atoms with Gasteiger partial charge in [0.25, 0.3) is 0 Å². The van der Waals surface area contributed by atoms with Gasteiger partial charge < -0.3 is 14.6 Å². The molecule has 0 radical (unpaired) electrons. The third-order valence-electron chi connectivity index (χ3n) is 3.44. The standard InChI is InChI=1S/C13H23N3O/c1-9(2)16-7-10(3)14-13(16)15-11(4)12-5-6-17-8-12/h7,9,11-12H,5-6,8H2,1-4H3,(H,14,15). The number of nitrogens with one attached hydrogen (secondary N) is 1. The summed E-state index contributed by atoms with van der Waals surface area (Å²) in [6.45, 7) is 10.4. The van der Waals surface area contributed by atoms with Gasteiger partial charge in [0, 0.05) is 30.8 Å². The van der Waals surface area contributed by atoms with E-state index in [1.807, 2.05) is 6.92 Å². The number of ether oxygens (including phenoxy) is 1. The normalized spacial score (nSPS) is 22.1. The Hall–Kier alpha value is -1.03. The molecule has 0 spiro atoms. The minimum Gasteiger partial charge on any atom is -0.381 e. The Kier molecular flexibility index (Phi) is 3.72. The van der Waals surface area contributed by atoms with Crippen molar-refractivity contribution >= 4 is 5.95 Å². The summed E-state index contributed by atoms with van der Waals surface area (Å²) < 4.78 is 7.63. The fraction of sp³-hybridized carbons (Fsp3) is 0.769. The van der Waals surface area contributed by atoms with E-state index in [0.29, 0.717) is 18.0 Å². The molecule has 1 aromatic heterocycles. The summed E-state index contributed by atoms with van der Waals surface area (Å²) in [4.78, 5) is 4.55. The molecule has 0 bridgehead atoms. The molecule has 1 N–H and O–H groups in total. The molecule has 1 fully saturated rings. The Morgan fingerprint density at radius 3 is 2.82 bits per heavy atom. The van der Waals surface area contributed by atoms with Crippen LogP contribution in [0.4, 0.5) is 5.95 Å². The number of aryl methyl sites for hydroxylation is 1. The number of hydrogen-bond donors (Lipinski definition) is 1. The van der Waals surface area contributed by atoms with E-state index >= 15 is 0 Å². The number of imidazole rings is 1. The molecule has 1 aromatic rings. The van der Waals surface area contributed by atoms with Crippen molar-refractivity contribution in [1.29, 1.82) is 0 Å². The van der Waals surface area contributed by atoms with E-state index in [4.69, 9.17) is 4.74 Å². The van der Waals surface area contributed by atoms with E-state index in [1.54, 1.807) is 0 Å². The van der Waals surface area contributed by atoms with Crippen LogP contribution in [0.25, 0.3) is 0 Å². The van der Waals surface area contributed by atoms with Crippen LogP contribution in [-0.2, 0) is 4.74 Å². The van der Waals surface area contributed by atoms with E-state index in [1.165, 1.54) is 0 Å². The molecular formula is C13H23N3O. The molecule has 0 amide bonds. The zero-order valence-electron chi connectivity index (χ0n) is 11.2. The van der Waals surface area contributed by atoms with Crippen LogP contribution in [0, 0.1) is 12.8 Å². The van der Waals surface area contributed by atoms with Crippen LogP contribution in [0.15, 0.2) is 6.20 Å². The van der Waals surface area contributed by atoms with Crippen molar-refractivity contribution in [3.63, 3.8) is 0 Å². The van der Waals surface area contributed by atoms with Crippen LogP contribution in [0.1, 0.15) is 38.9 Å².